The monoisotopic (exact) mass is 438 g/mol. The first kappa shape index (κ1) is 20.7. The molecular weight excluding hydrogens is 416 g/mol. The maximum Gasteiger partial charge on any atom is 0.339 e. The summed E-state index contributed by atoms with van der Waals surface area (Å²) < 4.78 is 11.6. The molecule has 0 aliphatic heterocycles. The lowest BCUT2D eigenvalue weighted by molar-refractivity contribution is -0.116. The van der Waals surface area contributed by atoms with Gasteiger partial charge in [-0.05, 0) is 49.6 Å². The maximum atomic E-state index is 12.7. The molecule has 0 radical (unpaired) electrons. The maximum absolute atomic E-state index is 12.7. The molecular formula is C27H22N2O4. The summed E-state index contributed by atoms with van der Waals surface area (Å²) in [6.07, 6.45) is 3.66. The second-order valence-corrected chi connectivity index (χ2v) is 8.03. The van der Waals surface area contributed by atoms with Crippen molar-refractivity contribution in [2.75, 3.05) is 5.32 Å². The summed E-state index contributed by atoms with van der Waals surface area (Å²) in [5.41, 5.74) is 4.74. The zero-order chi connectivity index (χ0) is 22.9. The van der Waals surface area contributed by atoms with E-state index >= 15 is 0 Å². The highest BCUT2D eigenvalue weighted by atomic mass is 16.4. The van der Waals surface area contributed by atoms with E-state index in [1.165, 1.54) is 0 Å². The van der Waals surface area contributed by atoms with Crippen molar-refractivity contribution in [2.24, 2.45) is 0 Å². The Bertz CT molecular complexity index is 1530. The minimum atomic E-state index is -0.430. The fourth-order valence-electron chi connectivity index (χ4n) is 4.25. The van der Waals surface area contributed by atoms with Crippen LogP contribution in [0.3, 0.4) is 0 Å². The number of furan rings is 1. The highest BCUT2D eigenvalue weighted by molar-refractivity contribution is 6.03. The van der Waals surface area contributed by atoms with E-state index in [-0.39, 0.29) is 18.7 Å². The number of hydrogen-bond acceptors (Lipinski definition) is 5. The number of pyridine rings is 1. The smallest absolute Gasteiger partial charge is 0.339 e. The van der Waals surface area contributed by atoms with E-state index in [1.807, 2.05) is 50.2 Å². The van der Waals surface area contributed by atoms with Crippen LogP contribution in [0.2, 0.25) is 0 Å². The lowest BCUT2D eigenvalue weighted by atomic mass is 9.98. The molecule has 0 bridgehead atoms. The quantitative estimate of drug-likeness (QED) is 0.351. The summed E-state index contributed by atoms with van der Waals surface area (Å²) in [7, 11) is 0. The second-order valence-electron chi connectivity index (χ2n) is 8.03. The van der Waals surface area contributed by atoms with Gasteiger partial charge in [-0.15, -0.1) is 0 Å². The molecule has 0 fully saturated rings. The van der Waals surface area contributed by atoms with E-state index in [4.69, 9.17) is 8.83 Å². The van der Waals surface area contributed by atoms with Crippen LogP contribution in [0.4, 0.5) is 5.69 Å². The molecule has 0 aliphatic rings. The molecule has 3 aromatic heterocycles. The Morgan fingerprint density at radius 1 is 0.970 bits per heavy atom. The van der Waals surface area contributed by atoms with Gasteiger partial charge in [0.2, 0.25) is 5.91 Å². The molecule has 6 nitrogen and oxygen atoms in total. The van der Waals surface area contributed by atoms with Crippen LogP contribution in [0.25, 0.3) is 33.1 Å². The average Bonchev–Trinajstić information content (AvgIpc) is 3.13. The van der Waals surface area contributed by atoms with Crippen LogP contribution >= 0.6 is 0 Å². The lowest BCUT2D eigenvalue weighted by Crippen LogP contribution is -2.16. The molecule has 0 spiro atoms. The van der Waals surface area contributed by atoms with E-state index in [1.54, 1.807) is 30.6 Å². The highest BCUT2D eigenvalue weighted by Gasteiger charge is 2.18. The standard InChI is InChI=1S/C27H22N2O4/c1-16-20(10-11-25(30)29-19-9-6-12-28-15-19)27(31)33-23-14-24-22(13-21(16)23)26(17(2)32-24)18-7-4-3-5-8-18/h3-9,12-15H,10-11H2,1-2H3,(H,29,30). The van der Waals surface area contributed by atoms with Gasteiger partial charge in [0, 0.05) is 40.6 Å². The summed E-state index contributed by atoms with van der Waals surface area (Å²) in [6.45, 7) is 3.83. The van der Waals surface area contributed by atoms with Crippen LogP contribution in [0.1, 0.15) is 23.3 Å². The lowest BCUT2D eigenvalue weighted by Gasteiger charge is -2.09. The Kier molecular flexibility index (Phi) is 5.26. The van der Waals surface area contributed by atoms with E-state index in [0.29, 0.717) is 22.4 Å². The summed E-state index contributed by atoms with van der Waals surface area (Å²) in [5, 5.41) is 4.59. The summed E-state index contributed by atoms with van der Waals surface area (Å²) in [6, 6.07) is 17.4. The Hall–Kier alpha value is -4.19. The average molecular weight is 438 g/mol. The van der Waals surface area contributed by atoms with Crippen LogP contribution < -0.4 is 10.9 Å². The Morgan fingerprint density at radius 3 is 2.52 bits per heavy atom. The van der Waals surface area contributed by atoms with Gasteiger partial charge in [0.15, 0.2) is 0 Å². The van der Waals surface area contributed by atoms with Gasteiger partial charge >= 0.3 is 5.63 Å². The summed E-state index contributed by atoms with van der Waals surface area (Å²) >= 11 is 0. The molecule has 33 heavy (non-hydrogen) atoms. The number of carbonyl (C=O) groups excluding carboxylic acids is 1. The molecule has 5 rings (SSSR count). The number of rotatable bonds is 5. The third-order valence-corrected chi connectivity index (χ3v) is 5.88. The molecule has 164 valence electrons. The van der Waals surface area contributed by atoms with Gasteiger partial charge < -0.3 is 14.2 Å². The summed E-state index contributed by atoms with van der Waals surface area (Å²) in [4.78, 5) is 29.1. The SMILES string of the molecule is Cc1oc2cc3oc(=O)c(CCC(=O)Nc4cccnc4)c(C)c3cc2c1-c1ccccc1. The molecule has 0 saturated heterocycles. The number of benzene rings is 2. The van der Waals surface area contributed by atoms with E-state index in [0.717, 1.165) is 33.2 Å². The molecule has 0 aliphatic carbocycles. The Balaban J connectivity index is 1.52. The van der Waals surface area contributed by atoms with Crippen LogP contribution in [-0.4, -0.2) is 10.9 Å². The second kappa shape index (κ2) is 8.39. The summed E-state index contributed by atoms with van der Waals surface area (Å²) in [5.74, 6) is 0.618. The van der Waals surface area contributed by atoms with Gasteiger partial charge in [0.05, 0.1) is 11.9 Å². The minimum absolute atomic E-state index is 0.161. The van der Waals surface area contributed by atoms with Crippen molar-refractivity contribution in [3.8, 4) is 11.1 Å². The van der Waals surface area contributed by atoms with E-state index in [9.17, 15) is 9.59 Å². The highest BCUT2D eigenvalue weighted by Crippen LogP contribution is 2.37. The molecule has 3 heterocycles. The number of nitrogens with zero attached hydrogens (tertiary/aromatic N) is 1. The Labute approximate surface area is 189 Å². The predicted molar refractivity (Wildman–Crippen MR) is 128 cm³/mol. The van der Waals surface area contributed by atoms with Crippen LogP contribution in [0.5, 0.6) is 0 Å². The third kappa shape index (κ3) is 3.91. The van der Waals surface area contributed by atoms with E-state index < -0.39 is 5.63 Å². The van der Waals surface area contributed by atoms with Crippen molar-refractivity contribution in [1.29, 1.82) is 0 Å². The zero-order valence-electron chi connectivity index (χ0n) is 18.3. The van der Waals surface area contributed by atoms with Gasteiger partial charge in [-0.1, -0.05) is 30.3 Å². The minimum Gasteiger partial charge on any atom is -0.461 e. The van der Waals surface area contributed by atoms with Crippen molar-refractivity contribution in [1.82, 2.24) is 4.98 Å². The number of anilines is 1. The molecule has 0 atom stereocenters. The van der Waals surface area contributed by atoms with Gasteiger partial charge in [-0.2, -0.15) is 0 Å². The first-order valence-electron chi connectivity index (χ1n) is 10.8. The van der Waals surface area contributed by atoms with Gasteiger partial charge in [0.25, 0.3) is 0 Å². The van der Waals surface area contributed by atoms with Gasteiger partial charge in [-0.25, -0.2) is 4.79 Å². The van der Waals surface area contributed by atoms with Crippen molar-refractivity contribution in [3.63, 3.8) is 0 Å². The van der Waals surface area contributed by atoms with Crippen LogP contribution in [0.15, 0.2) is 80.6 Å². The molecule has 5 aromatic rings. The van der Waals surface area contributed by atoms with Crippen molar-refractivity contribution >= 4 is 33.5 Å². The third-order valence-electron chi connectivity index (χ3n) is 5.88. The molecule has 1 N–H and O–H groups in total. The predicted octanol–water partition coefficient (Wildman–Crippen LogP) is 5.79. The number of fused-ring (bicyclic) bond motifs is 2. The number of aryl methyl sites for hydroxylation is 2. The number of hydrogen-bond donors (Lipinski definition) is 1. The number of carbonyl (C=O) groups is 1. The first-order valence-corrected chi connectivity index (χ1v) is 10.8. The zero-order valence-corrected chi connectivity index (χ0v) is 18.3. The number of nitrogens with one attached hydrogen (secondary N) is 1. The van der Waals surface area contributed by atoms with Crippen molar-refractivity contribution in [2.45, 2.75) is 26.7 Å². The van der Waals surface area contributed by atoms with Crippen LogP contribution in [0, 0.1) is 13.8 Å². The molecule has 0 unspecified atom stereocenters. The fraction of sp³-hybridized carbons (Fsp3) is 0.148. The number of amides is 1. The van der Waals surface area contributed by atoms with Crippen LogP contribution in [-0.2, 0) is 11.2 Å². The molecule has 0 saturated carbocycles. The van der Waals surface area contributed by atoms with Crippen molar-refractivity contribution in [3.05, 3.63) is 94.3 Å². The number of aromatic nitrogens is 1. The molecule has 6 heteroatoms. The van der Waals surface area contributed by atoms with Crippen molar-refractivity contribution < 1.29 is 13.6 Å². The largest absolute Gasteiger partial charge is 0.461 e. The Morgan fingerprint density at radius 2 is 1.76 bits per heavy atom. The van der Waals surface area contributed by atoms with E-state index in [2.05, 4.69) is 10.3 Å². The topological polar surface area (TPSA) is 85.3 Å². The fourth-order valence-corrected chi connectivity index (χ4v) is 4.25. The first-order chi connectivity index (χ1) is 16.0. The van der Waals surface area contributed by atoms with Gasteiger partial charge in [0.1, 0.15) is 16.9 Å². The molecule has 1 amide bonds. The normalized spacial score (nSPS) is 11.2. The van der Waals surface area contributed by atoms with Gasteiger partial charge in [-0.3, -0.25) is 9.78 Å². The molecule has 2 aromatic carbocycles.